The van der Waals surface area contributed by atoms with Crippen LogP contribution in [0.1, 0.15) is 5.56 Å². The number of hydrogen-bond acceptors (Lipinski definition) is 6. The Bertz CT molecular complexity index is 501. The van der Waals surface area contributed by atoms with Gasteiger partial charge in [0, 0.05) is 11.0 Å². The van der Waals surface area contributed by atoms with Crippen molar-refractivity contribution in [3.05, 3.63) is 29.8 Å². The van der Waals surface area contributed by atoms with E-state index in [1.165, 1.54) is 6.07 Å². The van der Waals surface area contributed by atoms with E-state index in [9.17, 15) is 8.42 Å². The largest absolute Gasteiger partial charge is 1.00 e. The molecule has 0 radical (unpaired) electrons. The summed E-state index contributed by atoms with van der Waals surface area (Å²) in [5, 5.41) is 0. The summed E-state index contributed by atoms with van der Waals surface area (Å²) in [5.41, 5.74) is 0.648. The molecule has 0 heterocycles. The van der Waals surface area contributed by atoms with Crippen molar-refractivity contribution in [2.75, 3.05) is 0 Å². The SMILES string of the molecule is Cc1ccccc1OS(=O)(=O)O.O=[S-](=O)O.[K+]. The number of benzene rings is 1. The molecular weight excluding hydrogens is 299 g/mol. The summed E-state index contributed by atoms with van der Waals surface area (Å²) in [6.07, 6.45) is 0. The van der Waals surface area contributed by atoms with Crippen LogP contribution in [0.4, 0.5) is 0 Å². The molecule has 17 heavy (non-hydrogen) atoms. The van der Waals surface area contributed by atoms with E-state index in [-0.39, 0.29) is 57.1 Å². The second-order valence-corrected chi connectivity index (χ2v) is 3.95. The van der Waals surface area contributed by atoms with Gasteiger partial charge in [-0.25, -0.2) is 0 Å². The first-order valence-electron chi connectivity index (χ1n) is 3.73. The molecule has 0 saturated heterocycles. The fraction of sp³-hybridized carbons (Fsp3) is 0.143. The molecule has 1 rings (SSSR count). The minimum atomic E-state index is -4.40. The van der Waals surface area contributed by atoms with Crippen LogP contribution in [0.3, 0.4) is 0 Å². The average molecular weight is 308 g/mol. The third-order valence-corrected chi connectivity index (χ3v) is 1.68. The molecule has 0 spiro atoms. The van der Waals surface area contributed by atoms with Crippen molar-refractivity contribution in [3.63, 3.8) is 0 Å². The fourth-order valence-corrected chi connectivity index (χ4v) is 1.18. The normalized spacial score (nSPS) is 9.88. The summed E-state index contributed by atoms with van der Waals surface area (Å²) in [6, 6.07) is 6.50. The summed E-state index contributed by atoms with van der Waals surface area (Å²) in [5.74, 6) is 0.139. The smallest absolute Gasteiger partial charge is 0.439 e. The number of para-hydroxylation sites is 1. The van der Waals surface area contributed by atoms with Gasteiger partial charge in [-0.2, -0.15) is 8.42 Å². The quantitative estimate of drug-likeness (QED) is 0.279. The zero-order valence-electron chi connectivity index (χ0n) is 9.06. The molecule has 0 bridgehead atoms. The van der Waals surface area contributed by atoms with Gasteiger partial charge in [-0.3, -0.25) is 4.55 Å². The number of rotatable bonds is 2. The van der Waals surface area contributed by atoms with Crippen molar-refractivity contribution in [2.45, 2.75) is 6.92 Å². The van der Waals surface area contributed by atoms with Gasteiger partial charge in [0.2, 0.25) is 0 Å². The van der Waals surface area contributed by atoms with Crippen LogP contribution in [0, 0.1) is 6.92 Å². The van der Waals surface area contributed by atoms with Gasteiger partial charge in [-0.1, -0.05) is 18.2 Å². The predicted octanol–water partition coefficient (Wildman–Crippen LogP) is -2.05. The summed E-state index contributed by atoms with van der Waals surface area (Å²) in [6.45, 7) is 1.68. The van der Waals surface area contributed by atoms with Crippen LogP contribution in [-0.2, 0) is 29.8 Å². The van der Waals surface area contributed by atoms with Crippen molar-refractivity contribution >= 4 is 21.4 Å². The van der Waals surface area contributed by atoms with Gasteiger partial charge in [-0.15, -0.1) is 0 Å². The van der Waals surface area contributed by atoms with Gasteiger partial charge in [0.1, 0.15) is 5.75 Å². The van der Waals surface area contributed by atoms with Crippen molar-refractivity contribution in [3.8, 4) is 5.75 Å². The van der Waals surface area contributed by atoms with E-state index in [1.54, 1.807) is 25.1 Å². The molecule has 0 atom stereocenters. The number of hydrogen-bond donors (Lipinski definition) is 2. The van der Waals surface area contributed by atoms with Gasteiger partial charge >= 0.3 is 61.8 Å². The summed E-state index contributed by atoms with van der Waals surface area (Å²) in [7, 11) is -7.26. The Kier molecular flexibility index (Phi) is 11.0. The van der Waals surface area contributed by atoms with Crippen LogP contribution in [0.5, 0.6) is 5.75 Å². The topological polar surface area (TPSA) is 118 Å². The van der Waals surface area contributed by atoms with Crippen LogP contribution < -0.4 is 55.6 Å². The zero-order valence-corrected chi connectivity index (χ0v) is 13.8. The maximum Gasteiger partial charge on any atom is 1.00 e. The van der Waals surface area contributed by atoms with Crippen LogP contribution in [0.15, 0.2) is 24.3 Å². The van der Waals surface area contributed by atoms with Gasteiger partial charge in [0.25, 0.3) is 0 Å². The first kappa shape index (κ1) is 19.8. The molecule has 1 aromatic rings. The van der Waals surface area contributed by atoms with E-state index < -0.39 is 21.4 Å². The Hall–Kier alpha value is 0.476. The van der Waals surface area contributed by atoms with Gasteiger partial charge in [0.15, 0.2) is 0 Å². The van der Waals surface area contributed by atoms with Crippen LogP contribution in [0.2, 0.25) is 0 Å². The Morgan fingerprint density at radius 2 is 1.65 bits per heavy atom. The first-order chi connectivity index (χ1) is 7.22. The van der Waals surface area contributed by atoms with Crippen LogP contribution in [0.25, 0.3) is 0 Å². The van der Waals surface area contributed by atoms with Crippen LogP contribution >= 0.6 is 0 Å². The third-order valence-electron chi connectivity index (χ3n) is 1.29. The Morgan fingerprint density at radius 1 is 1.24 bits per heavy atom. The molecule has 2 N–H and O–H groups in total. The van der Waals surface area contributed by atoms with Crippen molar-refractivity contribution in [1.29, 1.82) is 0 Å². The summed E-state index contributed by atoms with van der Waals surface area (Å²) >= 11 is 0. The molecule has 0 aliphatic carbocycles. The van der Waals surface area contributed by atoms with Crippen molar-refractivity contribution < 1.29 is 81.5 Å². The minimum Gasteiger partial charge on any atom is -0.439 e. The van der Waals surface area contributed by atoms with Gasteiger partial charge in [0.05, 0.1) is 0 Å². The van der Waals surface area contributed by atoms with Crippen molar-refractivity contribution in [1.82, 2.24) is 0 Å². The van der Waals surface area contributed by atoms with E-state index >= 15 is 0 Å². The minimum absolute atomic E-state index is 0. The van der Waals surface area contributed by atoms with Crippen molar-refractivity contribution in [2.24, 2.45) is 0 Å². The molecular formula is C7H9KO7S2. The van der Waals surface area contributed by atoms with Gasteiger partial charge in [-0.05, 0) is 18.6 Å². The molecule has 0 aliphatic rings. The molecule has 0 fully saturated rings. The Morgan fingerprint density at radius 3 is 2.00 bits per heavy atom. The number of aryl methyl sites for hydroxylation is 1. The van der Waals surface area contributed by atoms with E-state index in [0.29, 0.717) is 5.56 Å². The standard InChI is InChI=1S/C7H8O4S.K.HO3S/c1-6-4-2-3-5-7(6)11-12(8,9)10;;1-4(2)3/h2-5H,1H3,(H,8,9,10);;(H,1,2,3)/q;+1;-1. The Balaban J connectivity index is 0. The molecule has 92 valence electrons. The maximum atomic E-state index is 10.3. The maximum absolute atomic E-state index is 10.3. The van der Waals surface area contributed by atoms with E-state index in [2.05, 4.69) is 4.18 Å². The Labute approximate surface area is 143 Å². The molecule has 0 aliphatic heterocycles. The van der Waals surface area contributed by atoms with E-state index in [1.807, 2.05) is 0 Å². The summed E-state index contributed by atoms with van der Waals surface area (Å²) in [4.78, 5) is 0. The second kappa shape index (κ2) is 9.41. The molecule has 0 amide bonds. The molecule has 10 heteroatoms. The zero-order chi connectivity index (χ0) is 12.8. The van der Waals surface area contributed by atoms with Gasteiger partial charge < -0.3 is 17.2 Å². The van der Waals surface area contributed by atoms with E-state index in [0.717, 1.165) is 0 Å². The summed E-state index contributed by atoms with van der Waals surface area (Å²) < 4.78 is 57.3. The molecule has 0 saturated carbocycles. The average Bonchev–Trinajstić information content (AvgIpc) is 2.05. The molecule has 1 aromatic carbocycles. The predicted molar refractivity (Wildman–Crippen MR) is 54.7 cm³/mol. The molecule has 0 unspecified atom stereocenters. The molecule has 7 nitrogen and oxygen atoms in total. The molecule has 0 aromatic heterocycles. The van der Waals surface area contributed by atoms with E-state index in [4.69, 9.17) is 17.5 Å². The monoisotopic (exact) mass is 308 g/mol. The van der Waals surface area contributed by atoms with Crippen LogP contribution in [-0.4, -0.2) is 17.5 Å². The second-order valence-electron chi connectivity index (χ2n) is 2.49. The fourth-order valence-electron chi connectivity index (χ4n) is 0.763. The third kappa shape index (κ3) is 12.7. The first-order valence-corrected chi connectivity index (χ1v) is 6.13.